The molecule has 0 amide bonds. The molecule has 0 saturated heterocycles. The Morgan fingerprint density at radius 3 is 2.12 bits per heavy atom. The summed E-state index contributed by atoms with van der Waals surface area (Å²) >= 11 is 0. The van der Waals surface area contributed by atoms with E-state index in [-0.39, 0.29) is 58.0 Å². The van der Waals surface area contributed by atoms with Gasteiger partial charge in [-0.1, -0.05) is 32.6 Å². The van der Waals surface area contributed by atoms with Crippen molar-refractivity contribution in [1.82, 2.24) is 0 Å². The Hall–Kier alpha value is 1.51. The Morgan fingerprint density at radius 2 is 1.69 bits per heavy atom. The quantitative estimate of drug-likeness (QED) is 0.321. The Labute approximate surface area is 141 Å². The van der Waals surface area contributed by atoms with Gasteiger partial charge in [-0.15, -0.1) is 0 Å². The zero-order valence-corrected chi connectivity index (χ0v) is 14.3. The molecule has 1 atom stereocenters. The van der Waals surface area contributed by atoms with Crippen molar-refractivity contribution in [1.29, 1.82) is 0 Å². The molecule has 1 N–H and O–H groups in total. The van der Waals surface area contributed by atoms with E-state index >= 15 is 0 Å². The van der Waals surface area contributed by atoms with Gasteiger partial charge >= 0.3 is 51.4 Å². The number of hydrogen-bond donors (Lipinski definition) is 1. The minimum Gasteiger partial charge on any atom is -0.748 e. The second-order valence-corrected chi connectivity index (χ2v) is 5.48. The third kappa shape index (κ3) is 10.6. The van der Waals surface area contributed by atoms with E-state index in [0.29, 0.717) is 25.7 Å². The van der Waals surface area contributed by atoms with Gasteiger partial charge in [0.25, 0.3) is 0 Å². The van der Waals surface area contributed by atoms with Crippen molar-refractivity contribution in [3.8, 4) is 0 Å². The third-order valence-corrected chi connectivity index (χ3v) is 3.76. The first-order chi connectivity index (χ1) is 7.02. The zero-order chi connectivity index (χ0) is 11.7. The van der Waals surface area contributed by atoms with Crippen molar-refractivity contribution in [2.45, 2.75) is 57.1 Å². The first-order valence-corrected chi connectivity index (χ1v) is 7.05. The first kappa shape index (κ1) is 19.8. The van der Waals surface area contributed by atoms with Crippen LogP contribution in [0.4, 0.5) is 0 Å². The van der Waals surface area contributed by atoms with Gasteiger partial charge in [-0.2, -0.15) is 0 Å². The summed E-state index contributed by atoms with van der Waals surface area (Å²) in [6, 6.07) is 0. The largest absolute Gasteiger partial charge is 1.00 e. The standard InChI is InChI=1S/C10H22O4S.K/c1-2-3-7-10(15(12,13)14)8-5-4-6-9-11;/h10-11H,2-9H2,1H3,(H,12,13,14);/q;+1/p-1. The van der Waals surface area contributed by atoms with Crippen LogP contribution in [0.2, 0.25) is 0 Å². The Kier molecular flexibility index (Phi) is 14.4. The van der Waals surface area contributed by atoms with Crippen molar-refractivity contribution in [3.05, 3.63) is 0 Å². The summed E-state index contributed by atoms with van der Waals surface area (Å²) in [5.41, 5.74) is 0. The summed E-state index contributed by atoms with van der Waals surface area (Å²) in [7, 11) is -4.14. The molecule has 0 fully saturated rings. The molecule has 0 saturated carbocycles. The maximum Gasteiger partial charge on any atom is 1.00 e. The summed E-state index contributed by atoms with van der Waals surface area (Å²) in [5.74, 6) is 0. The van der Waals surface area contributed by atoms with E-state index in [1.165, 1.54) is 0 Å². The normalized spacial score (nSPS) is 13.2. The smallest absolute Gasteiger partial charge is 0.748 e. The van der Waals surface area contributed by atoms with E-state index in [1.54, 1.807) is 0 Å². The van der Waals surface area contributed by atoms with Crippen molar-refractivity contribution >= 4 is 10.1 Å². The van der Waals surface area contributed by atoms with Gasteiger partial charge in [0.05, 0.1) is 10.1 Å². The van der Waals surface area contributed by atoms with Gasteiger partial charge in [-0.05, 0) is 19.3 Å². The van der Waals surface area contributed by atoms with Gasteiger partial charge in [0.1, 0.15) is 0 Å². The van der Waals surface area contributed by atoms with E-state index in [4.69, 9.17) is 5.11 Å². The molecule has 0 aromatic heterocycles. The fourth-order valence-electron chi connectivity index (χ4n) is 1.53. The van der Waals surface area contributed by atoms with Crippen LogP contribution in [0.5, 0.6) is 0 Å². The summed E-state index contributed by atoms with van der Waals surface area (Å²) in [4.78, 5) is 0. The molecule has 0 spiro atoms. The van der Waals surface area contributed by atoms with Gasteiger partial charge in [0, 0.05) is 11.9 Å². The van der Waals surface area contributed by atoms with Crippen LogP contribution in [0.15, 0.2) is 0 Å². The number of rotatable bonds is 9. The Bertz CT molecular complexity index is 241. The molecule has 0 aromatic rings. The van der Waals surface area contributed by atoms with Crippen LogP contribution >= 0.6 is 0 Å². The maximum atomic E-state index is 10.9. The molecule has 0 rings (SSSR count). The minimum atomic E-state index is -4.14. The van der Waals surface area contributed by atoms with Gasteiger partial charge in [-0.3, -0.25) is 0 Å². The van der Waals surface area contributed by atoms with Crippen molar-refractivity contribution < 1.29 is 69.5 Å². The molecule has 92 valence electrons. The molecule has 0 aromatic carbocycles. The SMILES string of the molecule is CCCCC(CCCCCO)S(=O)(=O)[O-].[K+]. The molecule has 6 heteroatoms. The third-order valence-electron chi connectivity index (χ3n) is 2.47. The van der Waals surface area contributed by atoms with Crippen LogP contribution in [0, 0.1) is 0 Å². The van der Waals surface area contributed by atoms with Crippen LogP contribution in [0.3, 0.4) is 0 Å². The zero-order valence-electron chi connectivity index (χ0n) is 10.3. The van der Waals surface area contributed by atoms with E-state index in [1.807, 2.05) is 6.92 Å². The van der Waals surface area contributed by atoms with E-state index < -0.39 is 15.4 Å². The number of unbranched alkanes of at least 4 members (excludes halogenated alkanes) is 3. The molecule has 0 aliphatic heterocycles. The van der Waals surface area contributed by atoms with E-state index in [2.05, 4.69) is 0 Å². The number of aliphatic hydroxyl groups is 1. The van der Waals surface area contributed by atoms with E-state index in [9.17, 15) is 13.0 Å². The van der Waals surface area contributed by atoms with Crippen molar-refractivity contribution in [3.63, 3.8) is 0 Å². The molecular weight excluding hydrogens is 255 g/mol. The van der Waals surface area contributed by atoms with Gasteiger partial charge in [0.2, 0.25) is 0 Å². The number of aliphatic hydroxyl groups excluding tert-OH is 1. The predicted octanol–water partition coefficient (Wildman–Crippen LogP) is -1.35. The second-order valence-electron chi connectivity index (χ2n) is 3.83. The summed E-state index contributed by atoms with van der Waals surface area (Å²) in [6.45, 7) is 2.10. The molecule has 16 heavy (non-hydrogen) atoms. The average molecular weight is 276 g/mol. The fraction of sp³-hybridized carbons (Fsp3) is 1.00. The van der Waals surface area contributed by atoms with Gasteiger partial charge < -0.3 is 9.66 Å². The minimum absolute atomic E-state index is 0. The molecular formula is C10H21KO4S. The van der Waals surface area contributed by atoms with Crippen LogP contribution in [-0.4, -0.2) is 29.9 Å². The predicted molar refractivity (Wildman–Crippen MR) is 58.6 cm³/mol. The van der Waals surface area contributed by atoms with Crippen LogP contribution in [-0.2, 0) is 10.1 Å². The molecule has 1 unspecified atom stereocenters. The van der Waals surface area contributed by atoms with Gasteiger partial charge in [0.15, 0.2) is 0 Å². The summed E-state index contributed by atoms with van der Waals surface area (Å²) in [5, 5.41) is 7.83. The molecule has 4 nitrogen and oxygen atoms in total. The average Bonchev–Trinajstić information content (AvgIpc) is 2.15. The van der Waals surface area contributed by atoms with Crippen LogP contribution in [0.25, 0.3) is 0 Å². The topological polar surface area (TPSA) is 77.4 Å². The molecule has 0 radical (unpaired) electrons. The first-order valence-electron chi connectivity index (χ1n) is 5.58. The van der Waals surface area contributed by atoms with Crippen LogP contribution < -0.4 is 51.4 Å². The molecule has 0 heterocycles. The van der Waals surface area contributed by atoms with E-state index in [0.717, 1.165) is 19.3 Å². The van der Waals surface area contributed by atoms with Gasteiger partial charge in [-0.25, -0.2) is 8.42 Å². The number of hydrogen-bond acceptors (Lipinski definition) is 4. The van der Waals surface area contributed by atoms with Crippen molar-refractivity contribution in [2.75, 3.05) is 6.61 Å². The molecule has 0 aliphatic rings. The fourth-order valence-corrected chi connectivity index (χ4v) is 2.44. The van der Waals surface area contributed by atoms with Crippen molar-refractivity contribution in [2.24, 2.45) is 0 Å². The molecule has 0 aliphatic carbocycles. The van der Waals surface area contributed by atoms with Crippen LogP contribution in [0.1, 0.15) is 51.9 Å². The molecule has 0 bridgehead atoms. The Morgan fingerprint density at radius 1 is 1.12 bits per heavy atom. The second kappa shape index (κ2) is 11.6. The Balaban J connectivity index is 0. The monoisotopic (exact) mass is 276 g/mol. The summed E-state index contributed by atoms with van der Waals surface area (Å²) in [6.07, 6.45) is 4.77. The maximum absolute atomic E-state index is 10.9. The summed E-state index contributed by atoms with van der Waals surface area (Å²) < 4.78 is 32.7.